The number of carboxylic acids is 1. The molecule has 0 fully saturated rings. The molecule has 1 heterocycles. The number of hydrogen-bond donors (Lipinski definition) is 3. The average Bonchev–Trinajstić information content (AvgIpc) is 2.85. The van der Waals surface area contributed by atoms with Gasteiger partial charge in [0.2, 0.25) is 5.95 Å². The summed E-state index contributed by atoms with van der Waals surface area (Å²) < 4.78 is 48.0. The number of halogens is 1. The summed E-state index contributed by atoms with van der Waals surface area (Å²) in [6.07, 6.45) is 2.65. The van der Waals surface area contributed by atoms with Crippen LogP contribution in [0.4, 0.5) is 10.3 Å². The van der Waals surface area contributed by atoms with Gasteiger partial charge in [0.1, 0.15) is 17.3 Å². The molecule has 0 saturated carbocycles. The maximum atomic E-state index is 14.5. The first-order valence-corrected chi connectivity index (χ1v) is 13.2. The number of sulfonamides is 1. The van der Waals surface area contributed by atoms with Crippen LogP contribution in [-0.2, 0) is 14.8 Å². The lowest BCUT2D eigenvalue weighted by atomic mass is 9.80. The van der Waals surface area contributed by atoms with Gasteiger partial charge in [-0.1, -0.05) is 6.92 Å². The van der Waals surface area contributed by atoms with Crippen LogP contribution in [0.2, 0.25) is 0 Å². The van der Waals surface area contributed by atoms with Crippen LogP contribution in [-0.4, -0.2) is 41.9 Å². The van der Waals surface area contributed by atoms with Crippen molar-refractivity contribution in [2.24, 2.45) is 5.41 Å². The highest BCUT2D eigenvalue weighted by Gasteiger charge is 2.30. The van der Waals surface area contributed by atoms with Crippen molar-refractivity contribution < 1.29 is 32.2 Å². The van der Waals surface area contributed by atoms with E-state index in [0.717, 1.165) is 0 Å². The molecule has 3 N–H and O–H groups in total. The zero-order chi connectivity index (χ0) is 28.1. The van der Waals surface area contributed by atoms with Crippen LogP contribution in [0.3, 0.4) is 0 Å². The number of carbonyl (C=O) groups excluding carboxylic acids is 1. The highest BCUT2D eigenvalue weighted by atomic mass is 32.2. The van der Waals surface area contributed by atoms with Crippen molar-refractivity contribution in [1.82, 2.24) is 15.3 Å². The fraction of sp³-hybridized carbons (Fsp3) is 0.308. The summed E-state index contributed by atoms with van der Waals surface area (Å²) in [6, 6.07) is 9.70. The number of carboxylic acid groups (broad SMARTS) is 1. The molecule has 38 heavy (non-hydrogen) atoms. The number of ether oxygens (including phenoxy) is 1. The molecule has 1 amide bonds. The highest BCUT2D eigenvalue weighted by molar-refractivity contribution is 7.92. The Bertz CT molecular complexity index is 1410. The molecule has 2 aromatic carbocycles. The predicted molar refractivity (Wildman–Crippen MR) is 138 cm³/mol. The van der Waals surface area contributed by atoms with E-state index in [1.165, 1.54) is 54.9 Å². The lowest BCUT2D eigenvalue weighted by molar-refractivity contribution is -0.147. The topological polar surface area (TPSA) is 148 Å². The van der Waals surface area contributed by atoms with Gasteiger partial charge < -0.3 is 15.2 Å². The minimum absolute atomic E-state index is 0.0782. The molecule has 1 atom stereocenters. The van der Waals surface area contributed by atoms with Crippen molar-refractivity contribution >= 4 is 27.8 Å². The first-order chi connectivity index (χ1) is 17.8. The number of nitrogens with zero attached hydrogens (tertiary/aromatic N) is 2. The third-order valence-corrected chi connectivity index (χ3v) is 7.08. The molecule has 3 aromatic rings. The summed E-state index contributed by atoms with van der Waals surface area (Å²) >= 11 is 0. The first-order valence-electron chi connectivity index (χ1n) is 11.8. The summed E-state index contributed by atoms with van der Waals surface area (Å²) in [5.41, 5.74) is -0.520. The minimum Gasteiger partial charge on any atom is -0.481 e. The highest BCUT2D eigenvalue weighted by Crippen LogP contribution is 2.35. The van der Waals surface area contributed by atoms with Crippen molar-refractivity contribution in [3.8, 4) is 11.5 Å². The van der Waals surface area contributed by atoms with Crippen LogP contribution < -0.4 is 14.8 Å². The SMILES string of the molecule is CCNC(=O)c1cnc(NS(=O)(=O)c2ccc(Oc3ccc(F)c(C(C)CC(C)(C)C(=O)O)c3)cc2)nc1. The molecule has 12 heteroatoms. The third-order valence-electron chi connectivity index (χ3n) is 5.74. The third kappa shape index (κ3) is 7.03. The minimum atomic E-state index is -4.02. The van der Waals surface area contributed by atoms with Crippen molar-refractivity contribution in [1.29, 1.82) is 0 Å². The van der Waals surface area contributed by atoms with Gasteiger partial charge in [-0.15, -0.1) is 0 Å². The number of carbonyl (C=O) groups is 2. The van der Waals surface area contributed by atoms with E-state index < -0.39 is 27.2 Å². The largest absolute Gasteiger partial charge is 0.481 e. The van der Waals surface area contributed by atoms with Gasteiger partial charge in [-0.05, 0) is 81.1 Å². The van der Waals surface area contributed by atoms with Gasteiger partial charge in [0.05, 0.1) is 15.9 Å². The molecule has 0 saturated heterocycles. The van der Waals surface area contributed by atoms with Gasteiger partial charge in [-0.3, -0.25) is 9.59 Å². The summed E-state index contributed by atoms with van der Waals surface area (Å²) in [5.74, 6) is -1.77. The van der Waals surface area contributed by atoms with E-state index in [1.54, 1.807) is 27.7 Å². The zero-order valence-electron chi connectivity index (χ0n) is 21.4. The predicted octanol–water partition coefficient (Wildman–Crippen LogP) is 4.56. The Morgan fingerprint density at radius 1 is 1.08 bits per heavy atom. The van der Waals surface area contributed by atoms with Crippen LogP contribution in [0.15, 0.2) is 59.8 Å². The van der Waals surface area contributed by atoms with E-state index in [9.17, 15) is 27.5 Å². The molecular weight excluding hydrogens is 515 g/mol. The van der Waals surface area contributed by atoms with E-state index in [0.29, 0.717) is 23.6 Å². The number of rotatable bonds is 11. The van der Waals surface area contributed by atoms with Gasteiger partial charge in [0.15, 0.2) is 0 Å². The molecule has 3 rings (SSSR count). The van der Waals surface area contributed by atoms with Crippen LogP contribution >= 0.6 is 0 Å². The van der Waals surface area contributed by atoms with Crippen LogP contribution in [0.5, 0.6) is 11.5 Å². The number of nitrogens with one attached hydrogen (secondary N) is 2. The molecular formula is C26H29FN4O6S. The van der Waals surface area contributed by atoms with Crippen LogP contribution in [0.1, 0.15) is 56.0 Å². The molecule has 202 valence electrons. The maximum absolute atomic E-state index is 14.5. The Morgan fingerprint density at radius 3 is 2.26 bits per heavy atom. The van der Waals surface area contributed by atoms with Crippen molar-refractivity contribution in [2.75, 3.05) is 11.3 Å². The second-order valence-electron chi connectivity index (χ2n) is 9.31. The first kappa shape index (κ1) is 28.5. The second-order valence-corrected chi connectivity index (χ2v) is 11.0. The van der Waals surface area contributed by atoms with E-state index in [-0.39, 0.29) is 34.7 Å². The Kier molecular flexibility index (Phi) is 8.67. The quantitative estimate of drug-likeness (QED) is 0.318. The number of benzene rings is 2. The molecule has 0 radical (unpaired) electrons. The maximum Gasteiger partial charge on any atom is 0.309 e. The summed E-state index contributed by atoms with van der Waals surface area (Å²) in [5, 5.41) is 12.0. The van der Waals surface area contributed by atoms with Crippen LogP contribution in [0.25, 0.3) is 0 Å². The number of amides is 1. The van der Waals surface area contributed by atoms with Gasteiger partial charge >= 0.3 is 5.97 Å². The Hall–Kier alpha value is -4.06. The standard InChI is InChI=1S/C26H29FN4O6S/c1-5-28-23(32)17-14-29-25(30-15-17)31-38(35,36)20-9-6-18(7-10-20)37-19-8-11-22(27)21(12-19)16(2)13-26(3,4)24(33)34/h6-12,14-16H,5,13H2,1-4H3,(H,28,32)(H,33,34)(H,29,30,31). The smallest absolute Gasteiger partial charge is 0.309 e. The lowest BCUT2D eigenvalue weighted by Gasteiger charge is -2.24. The number of hydrogen-bond acceptors (Lipinski definition) is 7. The van der Waals surface area contributed by atoms with Gasteiger partial charge in [0, 0.05) is 18.9 Å². The number of aliphatic carboxylic acids is 1. The molecule has 10 nitrogen and oxygen atoms in total. The Labute approximate surface area is 220 Å². The van der Waals surface area contributed by atoms with E-state index in [2.05, 4.69) is 20.0 Å². The monoisotopic (exact) mass is 544 g/mol. The van der Waals surface area contributed by atoms with Crippen molar-refractivity contribution in [3.63, 3.8) is 0 Å². The molecule has 0 bridgehead atoms. The van der Waals surface area contributed by atoms with Crippen molar-refractivity contribution in [2.45, 2.75) is 44.9 Å². The second kappa shape index (κ2) is 11.5. The molecule has 0 aliphatic carbocycles. The van der Waals surface area contributed by atoms with E-state index >= 15 is 0 Å². The zero-order valence-corrected chi connectivity index (χ0v) is 22.2. The van der Waals surface area contributed by atoms with Gasteiger partial charge in [-0.2, -0.15) is 0 Å². The van der Waals surface area contributed by atoms with E-state index in [4.69, 9.17) is 4.74 Å². The fourth-order valence-corrected chi connectivity index (χ4v) is 4.65. The van der Waals surface area contributed by atoms with Crippen molar-refractivity contribution in [3.05, 3.63) is 71.8 Å². The van der Waals surface area contributed by atoms with Gasteiger partial charge in [0.25, 0.3) is 15.9 Å². The molecule has 0 spiro atoms. The lowest BCUT2D eigenvalue weighted by Crippen LogP contribution is -2.25. The molecule has 0 aliphatic heterocycles. The van der Waals surface area contributed by atoms with Crippen LogP contribution in [0, 0.1) is 11.2 Å². The fourth-order valence-electron chi connectivity index (χ4n) is 3.69. The summed E-state index contributed by atoms with van der Waals surface area (Å²) in [7, 11) is -4.02. The Morgan fingerprint density at radius 2 is 1.68 bits per heavy atom. The number of aromatic nitrogens is 2. The number of anilines is 1. The summed E-state index contributed by atoms with van der Waals surface area (Å²) in [6.45, 7) is 7.11. The van der Waals surface area contributed by atoms with E-state index in [1.807, 2.05) is 0 Å². The molecule has 1 aromatic heterocycles. The normalized spacial score (nSPS) is 12.4. The molecule has 1 unspecified atom stereocenters. The molecule has 0 aliphatic rings. The Balaban J connectivity index is 1.71. The summed E-state index contributed by atoms with van der Waals surface area (Å²) in [4.78, 5) is 30.9. The average molecular weight is 545 g/mol. The van der Waals surface area contributed by atoms with Gasteiger partial charge in [-0.25, -0.2) is 27.5 Å².